The Hall–Kier alpha value is -4.08. The van der Waals surface area contributed by atoms with Gasteiger partial charge >= 0.3 is 12.3 Å². The van der Waals surface area contributed by atoms with Crippen LogP contribution in [0, 0.1) is 17.0 Å². The molecule has 10 heteroatoms. The normalized spacial score (nSPS) is 11.0. The van der Waals surface area contributed by atoms with Crippen LogP contribution in [0.4, 0.5) is 18.9 Å². The predicted octanol–water partition coefficient (Wildman–Crippen LogP) is 5.99. The summed E-state index contributed by atoms with van der Waals surface area (Å²) in [5, 5.41) is 11.4. The Labute approximate surface area is 186 Å². The highest BCUT2D eigenvalue weighted by atomic mass is 19.4. The van der Waals surface area contributed by atoms with E-state index in [0.717, 1.165) is 17.7 Å². The van der Waals surface area contributed by atoms with Gasteiger partial charge in [0.1, 0.15) is 22.8 Å². The lowest BCUT2D eigenvalue weighted by atomic mass is 10.1. The third-order valence-electron chi connectivity index (χ3n) is 4.46. The molecule has 0 unspecified atom stereocenters. The third-order valence-corrected chi connectivity index (χ3v) is 4.46. The van der Waals surface area contributed by atoms with E-state index < -0.39 is 28.7 Å². The number of esters is 1. The second kappa shape index (κ2) is 10.0. The summed E-state index contributed by atoms with van der Waals surface area (Å²) in [6.07, 6.45) is -4.39. The van der Waals surface area contributed by atoms with E-state index in [2.05, 4.69) is 4.74 Å². The average molecular weight is 461 g/mol. The maximum absolute atomic E-state index is 12.5. The zero-order valence-corrected chi connectivity index (χ0v) is 17.3. The molecule has 33 heavy (non-hydrogen) atoms. The van der Waals surface area contributed by atoms with Crippen molar-refractivity contribution in [2.24, 2.45) is 0 Å². The van der Waals surface area contributed by atoms with Crippen molar-refractivity contribution in [3.05, 3.63) is 93.5 Å². The first-order chi connectivity index (χ1) is 15.6. The molecule has 0 aliphatic rings. The molecule has 0 aliphatic heterocycles. The highest BCUT2D eigenvalue weighted by Gasteiger charge is 2.31. The van der Waals surface area contributed by atoms with Crippen LogP contribution in [0.25, 0.3) is 0 Å². The van der Waals surface area contributed by atoms with Crippen LogP contribution in [0.15, 0.2) is 66.7 Å². The van der Waals surface area contributed by atoms with Crippen LogP contribution < -0.4 is 9.47 Å². The monoisotopic (exact) mass is 461 g/mol. The number of nitro benzene ring substituents is 1. The number of carbonyl (C=O) groups is 1. The summed E-state index contributed by atoms with van der Waals surface area (Å²) < 4.78 is 51.5. The van der Waals surface area contributed by atoms with Gasteiger partial charge in [0, 0.05) is 18.6 Å². The van der Waals surface area contributed by atoms with E-state index in [-0.39, 0.29) is 23.7 Å². The number of halogens is 3. The number of nitrogens with zero attached hydrogens (tertiary/aromatic N) is 1. The zero-order chi connectivity index (χ0) is 24.0. The SMILES string of the molecule is Cc1cc([N+](=O)[O-])c(C(=O)OCCc2ccccc2)cc1Oc1ccc(OC(F)(F)F)cc1. The summed E-state index contributed by atoms with van der Waals surface area (Å²) in [6.45, 7) is 1.55. The second-order valence-electron chi connectivity index (χ2n) is 6.88. The Balaban J connectivity index is 1.77. The Bertz CT molecular complexity index is 1130. The Kier molecular flexibility index (Phi) is 7.17. The van der Waals surface area contributed by atoms with E-state index in [1.54, 1.807) is 0 Å². The number of rotatable bonds is 8. The molecular formula is C23H18F3NO6. The summed E-state index contributed by atoms with van der Waals surface area (Å²) in [4.78, 5) is 23.3. The average Bonchev–Trinajstić information content (AvgIpc) is 2.75. The van der Waals surface area contributed by atoms with Crippen LogP contribution in [0.3, 0.4) is 0 Å². The Morgan fingerprint density at radius 1 is 1.00 bits per heavy atom. The number of alkyl halides is 3. The first-order valence-corrected chi connectivity index (χ1v) is 9.66. The fourth-order valence-electron chi connectivity index (χ4n) is 2.92. The molecule has 0 spiro atoms. The van der Waals surface area contributed by atoms with Crippen molar-refractivity contribution >= 4 is 11.7 Å². The molecule has 172 valence electrons. The number of hydrogen-bond donors (Lipinski definition) is 0. The zero-order valence-electron chi connectivity index (χ0n) is 17.3. The fraction of sp³-hybridized carbons (Fsp3) is 0.174. The summed E-state index contributed by atoms with van der Waals surface area (Å²) in [5.41, 5.74) is 0.535. The van der Waals surface area contributed by atoms with Gasteiger partial charge in [0.2, 0.25) is 0 Å². The van der Waals surface area contributed by atoms with Crippen LogP contribution >= 0.6 is 0 Å². The highest BCUT2D eigenvalue weighted by molar-refractivity contribution is 5.94. The summed E-state index contributed by atoms with van der Waals surface area (Å²) >= 11 is 0. The lowest BCUT2D eigenvalue weighted by Gasteiger charge is -2.13. The summed E-state index contributed by atoms with van der Waals surface area (Å²) in [6, 6.07) is 16.2. The van der Waals surface area contributed by atoms with E-state index in [9.17, 15) is 28.1 Å². The molecule has 3 aromatic rings. The van der Waals surface area contributed by atoms with Gasteiger partial charge in [-0.3, -0.25) is 10.1 Å². The van der Waals surface area contributed by atoms with Crippen molar-refractivity contribution in [2.75, 3.05) is 6.61 Å². The quantitative estimate of drug-likeness (QED) is 0.233. The molecular weight excluding hydrogens is 443 g/mol. The lowest BCUT2D eigenvalue weighted by molar-refractivity contribution is -0.385. The molecule has 0 heterocycles. The van der Waals surface area contributed by atoms with Crippen molar-refractivity contribution in [2.45, 2.75) is 19.7 Å². The fourth-order valence-corrected chi connectivity index (χ4v) is 2.92. The first kappa shape index (κ1) is 23.6. The number of carbonyl (C=O) groups excluding carboxylic acids is 1. The van der Waals surface area contributed by atoms with Gasteiger partial charge in [-0.1, -0.05) is 30.3 Å². The molecule has 0 radical (unpaired) electrons. The van der Waals surface area contributed by atoms with Crippen LogP contribution in [0.2, 0.25) is 0 Å². The third kappa shape index (κ3) is 6.70. The van der Waals surface area contributed by atoms with E-state index in [0.29, 0.717) is 12.0 Å². The maximum atomic E-state index is 12.5. The van der Waals surface area contributed by atoms with Crippen molar-refractivity contribution in [1.29, 1.82) is 0 Å². The molecule has 7 nitrogen and oxygen atoms in total. The maximum Gasteiger partial charge on any atom is 0.573 e. The number of benzene rings is 3. The van der Waals surface area contributed by atoms with E-state index in [1.807, 2.05) is 30.3 Å². The van der Waals surface area contributed by atoms with Gasteiger partial charge in [0.25, 0.3) is 5.69 Å². The lowest BCUT2D eigenvalue weighted by Crippen LogP contribution is -2.16. The van der Waals surface area contributed by atoms with E-state index in [4.69, 9.17) is 9.47 Å². The topological polar surface area (TPSA) is 87.9 Å². The molecule has 0 fully saturated rings. The van der Waals surface area contributed by atoms with Crippen molar-refractivity contribution in [3.8, 4) is 17.2 Å². The molecule has 0 saturated carbocycles. The minimum absolute atomic E-state index is 0.0186. The smallest absolute Gasteiger partial charge is 0.462 e. The van der Waals surface area contributed by atoms with Crippen LogP contribution in [-0.4, -0.2) is 23.9 Å². The number of nitro groups is 1. The molecule has 0 atom stereocenters. The Morgan fingerprint density at radius 2 is 1.64 bits per heavy atom. The largest absolute Gasteiger partial charge is 0.573 e. The van der Waals surface area contributed by atoms with Crippen molar-refractivity contribution in [3.63, 3.8) is 0 Å². The van der Waals surface area contributed by atoms with Crippen LogP contribution in [0.5, 0.6) is 17.2 Å². The predicted molar refractivity (Wildman–Crippen MR) is 111 cm³/mol. The van der Waals surface area contributed by atoms with Gasteiger partial charge in [-0.05, 0) is 42.3 Å². The van der Waals surface area contributed by atoms with Gasteiger partial charge in [0.15, 0.2) is 0 Å². The molecule has 0 saturated heterocycles. The number of hydrogen-bond acceptors (Lipinski definition) is 6. The Morgan fingerprint density at radius 3 is 2.24 bits per heavy atom. The second-order valence-corrected chi connectivity index (χ2v) is 6.88. The minimum atomic E-state index is -4.83. The number of ether oxygens (including phenoxy) is 3. The summed E-state index contributed by atoms with van der Waals surface area (Å²) in [5.74, 6) is -1.07. The molecule has 0 bridgehead atoms. The molecule has 3 rings (SSSR count). The van der Waals surface area contributed by atoms with Gasteiger partial charge in [-0.15, -0.1) is 13.2 Å². The standard InChI is InChI=1S/C23H18F3NO6/c1-15-13-20(27(29)30)19(22(28)31-12-11-16-5-3-2-4-6-16)14-21(15)32-17-7-9-18(10-8-17)33-23(24,25)26/h2-10,13-14H,11-12H2,1H3. The van der Waals surface area contributed by atoms with Gasteiger partial charge in [-0.25, -0.2) is 4.79 Å². The van der Waals surface area contributed by atoms with Crippen molar-refractivity contribution < 1.29 is 37.1 Å². The summed E-state index contributed by atoms with van der Waals surface area (Å²) in [7, 11) is 0. The highest BCUT2D eigenvalue weighted by Crippen LogP contribution is 2.33. The van der Waals surface area contributed by atoms with Crippen LogP contribution in [-0.2, 0) is 11.2 Å². The molecule has 3 aromatic carbocycles. The number of aryl methyl sites for hydroxylation is 1. The van der Waals surface area contributed by atoms with E-state index >= 15 is 0 Å². The first-order valence-electron chi connectivity index (χ1n) is 9.66. The van der Waals surface area contributed by atoms with Crippen molar-refractivity contribution in [1.82, 2.24) is 0 Å². The van der Waals surface area contributed by atoms with Crippen LogP contribution in [0.1, 0.15) is 21.5 Å². The van der Waals surface area contributed by atoms with Gasteiger partial charge < -0.3 is 14.2 Å². The minimum Gasteiger partial charge on any atom is -0.462 e. The molecule has 0 amide bonds. The van der Waals surface area contributed by atoms with Gasteiger partial charge in [0.05, 0.1) is 11.5 Å². The molecule has 0 N–H and O–H groups in total. The molecule has 0 aromatic heterocycles. The molecule has 0 aliphatic carbocycles. The van der Waals surface area contributed by atoms with E-state index in [1.165, 1.54) is 31.2 Å². The van der Waals surface area contributed by atoms with Gasteiger partial charge in [-0.2, -0.15) is 0 Å².